The summed E-state index contributed by atoms with van der Waals surface area (Å²) in [6, 6.07) is 0.322. The minimum Gasteiger partial charge on any atom is -0.350 e. The van der Waals surface area contributed by atoms with E-state index in [1.165, 1.54) is 12.8 Å². The molecule has 2 rings (SSSR count). The van der Waals surface area contributed by atoms with E-state index in [1.807, 2.05) is 19.3 Å². The molecule has 0 spiro atoms. The first-order valence-corrected chi connectivity index (χ1v) is 5.88. The second-order valence-electron chi connectivity index (χ2n) is 4.14. The quantitative estimate of drug-likeness (QED) is 0.787. The van der Waals surface area contributed by atoms with Crippen molar-refractivity contribution in [2.75, 3.05) is 5.32 Å². The van der Waals surface area contributed by atoms with E-state index in [2.05, 4.69) is 15.3 Å². The van der Waals surface area contributed by atoms with Crippen molar-refractivity contribution in [2.45, 2.75) is 44.0 Å². The molecule has 1 aromatic rings. The van der Waals surface area contributed by atoms with Crippen LogP contribution in [0, 0.1) is 6.92 Å². The molecule has 2 atom stereocenters. The van der Waals surface area contributed by atoms with Crippen molar-refractivity contribution in [3.05, 3.63) is 18.0 Å². The largest absolute Gasteiger partial charge is 0.350 e. The number of hydrogen-bond donors (Lipinski definition) is 1. The normalized spacial score (nSPS) is 26.3. The minimum atomic E-state index is 0.212. The molecule has 1 aliphatic carbocycles. The van der Waals surface area contributed by atoms with E-state index in [0.717, 1.165) is 18.4 Å². The lowest BCUT2D eigenvalue weighted by atomic mass is 9.95. The Kier molecular flexibility index (Phi) is 3.41. The van der Waals surface area contributed by atoms with Crippen LogP contribution in [0.25, 0.3) is 0 Å². The highest BCUT2D eigenvalue weighted by Gasteiger charge is 2.23. The molecule has 1 heterocycles. The van der Waals surface area contributed by atoms with Crippen LogP contribution in [-0.2, 0) is 0 Å². The van der Waals surface area contributed by atoms with Gasteiger partial charge in [-0.25, -0.2) is 9.97 Å². The van der Waals surface area contributed by atoms with Crippen LogP contribution in [-0.4, -0.2) is 21.4 Å². The van der Waals surface area contributed by atoms with Gasteiger partial charge in [-0.3, -0.25) is 0 Å². The SMILES string of the molecule is Cc1cnc(NC2CCCCC2Cl)nc1. The molecule has 0 radical (unpaired) electrons. The van der Waals surface area contributed by atoms with Crippen molar-refractivity contribution in [1.82, 2.24) is 9.97 Å². The molecular formula is C11H16ClN3. The van der Waals surface area contributed by atoms with E-state index >= 15 is 0 Å². The summed E-state index contributed by atoms with van der Waals surface area (Å²) in [5.41, 5.74) is 1.08. The van der Waals surface area contributed by atoms with Crippen LogP contribution in [0.3, 0.4) is 0 Å². The highest BCUT2D eigenvalue weighted by Crippen LogP contribution is 2.24. The third kappa shape index (κ3) is 2.81. The molecule has 82 valence electrons. The number of halogens is 1. The molecule has 0 aromatic carbocycles. The fourth-order valence-electron chi connectivity index (χ4n) is 1.88. The third-order valence-electron chi connectivity index (χ3n) is 2.78. The summed E-state index contributed by atoms with van der Waals surface area (Å²) >= 11 is 6.25. The van der Waals surface area contributed by atoms with Crippen LogP contribution in [0.1, 0.15) is 31.2 Å². The Labute approximate surface area is 95.3 Å². The molecule has 0 amide bonds. The number of hydrogen-bond acceptors (Lipinski definition) is 3. The van der Waals surface area contributed by atoms with Crippen LogP contribution in [0.5, 0.6) is 0 Å². The molecule has 0 bridgehead atoms. The van der Waals surface area contributed by atoms with Gasteiger partial charge in [0.15, 0.2) is 0 Å². The van der Waals surface area contributed by atoms with Crippen molar-refractivity contribution < 1.29 is 0 Å². The van der Waals surface area contributed by atoms with E-state index < -0.39 is 0 Å². The summed E-state index contributed by atoms with van der Waals surface area (Å²) in [5, 5.41) is 3.52. The highest BCUT2D eigenvalue weighted by molar-refractivity contribution is 6.21. The van der Waals surface area contributed by atoms with Gasteiger partial charge >= 0.3 is 0 Å². The molecule has 1 N–H and O–H groups in total. The average Bonchev–Trinajstić information content (AvgIpc) is 2.25. The molecule has 0 saturated heterocycles. The second kappa shape index (κ2) is 4.79. The predicted molar refractivity (Wildman–Crippen MR) is 62.3 cm³/mol. The van der Waals surface area contributed by atoms with E-state index in [4.69, 9.17) is 11.6 Å². The molecule has 1 fully saturated rings. The molecule has 1 aliphatic rings. The first-order valence-electron chi connectivity index (χ1n) is 5.45. The molecule has 3 nitrogen and oxygen atoms in total. The summed E-state index contributed by atoms with van der Waals surface area (Å²) in [6.07, 6.45) is 8.33. The number of nitrogens with zero attached hydrogens (tertiary/aromatic N) is 2. The molecule has 15 heavy (non-hydrogen) atoms. The van der Waals surface area contributed by atoms with Crippen molar-refractivity contribution in [1.29, 1.82) is 0 Å². The van der Waals surface area contributed by atoms with Gasteiger partial charge < -0.3 is 5.32 Å². The maximum Gasteiger partial charge on any atom is 0.222 e. The van der Waals surface area contributed by atoms with Gasteiger partial charge in [0, 0.05) is 18.4 Å². The van der Waals surface area contributed by atoms with Gasteiger partial charge in [0.25, 0.3) is 0 Å². The maximum absolute atomic E-state index is 6.25. The first-order chi connectivity index (χ1) is 7.25. The zero-order valence-electron chi connectivity index (χ0n) is 8.91. The van der Waals surface area contributed by atoms with Gasteiger partial charge in [-0.05, 0) is 25.3 Å². The average molecular weight is 226 g/mol. The van der Waals surface area contributed by atoms with Gasteiger partial charge in [-0.15, -0.1) is 11.6 Å². The number of nitrogens with one attached hydrogen (secondary N) is 1. The topological polar surface area (TPSA) is 37.8 Å². The summed E-state index contributed by atoms with van der Waals surface area (Å²) in [4.78, 5) is 8.45. The van der Waals surface area contributed by atoms with Crippen LogP contribution < -0.4 is 5.32 Å². The van der Waals surface area contributed by atoms with Crippen LogP contribution in [0.4, 0.5) is 5.95 Å². The van der Waals surface area contributed by atoms with Crippen molar-refractivity contribution in [3.63, 3.8) is 0 Å². The van der Waals surface area contributed by atoms with Crippen LogP contribution >= 0.6 is 11.6 Å². The zero-order valence-corrected chi connectivity index (χ0v) is 9.67. The molecule has 1 aromatic heterocycles. The standard InChI is InChI=1S/C11H16ClN3/c1-8-6-13-11(14-7-8)15-10-5-3-2-4-9(10)12/h6-7,9-10H,2-5H2,1H3,(H,13,14,15). The van der Waals surface area contributed by atoms with E-state index in [0.29, 0.717) is 12.0 Å². The second-order valence-corrected chi connectivity index (χ2v) is 4.70. The van der Waals surface area contributed by atoms with E-state index in [9.17, 15) is 0 Å². The number of alkyl halides is 1. The number of anilines is 1. The first kappa shape index (κ1) is 10.7. The minimum absolute atomic E-state index is 0.212. The zero-order chi connectivity index (χ0) is 10.7. The Morgan fingerprint density at radius 3 is 2.60 bits per heavy atom. The van der Waals surface area contributed by atoms with Gasteiger partial charge in [-0.1, -0.05) is 12.8 Å². The number of aromatic nitrogens is 2. The predicted octanol–water partition coefficient (Wildman–Crippen LogP) is 2.75. The monoisotopic (exact) mass is 225 g/mol. The van der Waals surface area contributed by atoms with Crippen molar-refractivity contribution >= 4 is 17.5 Å². The highest BCUT2D eigenvalue weighted by atomic mass is 35.5. The smallest absolute Gasteiger partial charge is 0.222 e. The lowest BCUT2D eigenvalue weighted by Gasteiger charge is -2.27. The van der Waals surface area contributed by atoms with Gasteiger partial charge in [0.2, 0.25) is 5.95 Å². The Balaban J connectivity index is 1.98. The number of aryl methyl sites for hydroxylation is 1. The molecule has 1 saturated carbocycles. The maximum atomic E-state index is 6.25. The molecular weight excluding hydrogens is 210 g/mol. The van der Waals surface area contributed by atoms with Crippen molar-refractivity contribution in [2.24, 2.45) is 0 Å². The Hall–Kier alpha value is -0.830. The van der Waals surface area contributed by atoms with E-state index in [1.54, 1.807) is 0 Å². The van der Waals surface area contributed by atoms with Gasteiger partial charge in [0.1, 0.15) is 0 Å². The Morgan fingerprint density at radius 2 is 1.93 bits per heavy atom. The van der Waals surface area contributed by atoms with Crippen molar-refractivity contribution in [3.8, 4) is 0 Å². The number of rotatable bonds is 2. The lowest BCUT2D eigenvalue weighted by Crippen LogP contribution is -2.33. The van der Waals surface area contributed by atoms with Gasteiger partial charge in [-0.2, -0.15) is 0 Å². The Morgan fingerprint density at radius 1 is 1.27 bits per heavy atom. The fraction of sp³-hybridized carbons (Fsp3) is 0.636. The van der Waals surface area contributed by atoms with E-state index in [-0.39, 0.29) is 5.38 Å². The Bertz CT molecular complexity index is 312. The summed E-state index contributed by atoms with van der Waals surface area (Å²) in [5.74, 6) is 0.693. The van der Waals surface area contributed by atoms with Crippen LogP contribution in [0.15, 0.2) is 12.4 Å². The molecule has 4 heteroatoms. The molecule has 2 unspecified atom stereocenters. The summed E-state index contributed by atoms with van der Waals surface area (Å²) < 4.78 is 0. The fourth-order valence-corrected chi connectivity index (χ4v) is 2.22. The lowest BCUT2D eigenvalue weighted by molar-refractivity contribution is 0.467. The van der Waals surface area contributed by atoms with Crippen LogP contribution in [0.2, 0.25) is 0 Å². The summed E-state index contributed by atoms with van der Waals surface area (Å²) in [6.45, 7) is 1.98. The third-order valence-corrected chi connectivity index (χ3v) is 3.30. The molecule has 0 aliphatic heterocycles. The summed E-state index contributed by atoms with van der Waals surface area (Å²) in [7, 11) is 0. The van der Waals surface area contributed by atoms with Gasteiger partial charge in [0.05, 0.1) is 5.38 Å².